The van der Waals surface area contributed by atoms with E-state index in [1.165, 1.54) is 0 Å². The second kappa shape index (κ2) is 7.65. The van der Waals surface area contributed by atoms with Crippen LogP contribution < -0.4 is 16.4 Å². The Bertz CT molecular complexity index is 317. The number of rotatable bonds is 7. The van der Waals surface area contributed by atoms with Gasteiger partial charge in [-0.1, -0.05) is 13.8 Å². The van der Waals surface area contributed by atoms with Crippen LogP contribution in [0.1, 0.15) is 27.2 Å². The molecule has 7 heteroatoms. The minimum Gasteiger partial charge on any atom is -0.481 e. The van der Waals surface area contributed by atoms with Crippen molar-refractivity contribution >= 4 is 17.8 Å². The van der Waals surface area contributed by atoms with Crippen LogP contribution >= 0.6 is 0 Å². The smallest absolute Gasteiger partial charge is 0.305 e. The van der Waals surface area contributed by atoms with Crippen molar-refractivity contribution < 1.29 is 19.5 Å². The Kier molecular flexibility index (Phi) is 6.96. The molecule has 2 atom stereocenters. The lowest BCUT2D eigenvalue weighted by Gasteiger charge is -2.16. The molecule has 1 unspecified atom stereocenters. The van der Waals surface area contributed by atoms with Crippen molar-refractivity contribution in [2.24, 2.45) is 11.7 Å². The van der Waals surface area contributed by atoms with Gasteiger partial charge in [0.1, 0.15) is 0 Å². The number of carboxylic acids is 1. The Morgan fingerprint density at radius 1 is 1.22 bits per heavy atom. The van der Waals surface area contributed by atoms with Crippen molar-refractivity contribution in [2.45, 2.75) is 39.3 Å². The third-order valence-corrected chi connectivity index (χ3v) is 2.33. The summed E-state index contributed by atoms with van der Waals surface area (Å²) in [7, 11) is 0. The predicted molar refractivity (Wildman–Crippen MR) is 65.7 cm³/mol. The third-order valence-electron chi connectivity index (χ3n) is 2.33. The molecule has 18 heavy (non-hydrogen) atoms. The molecule has 2 amide bonds. The largest absolute Gasteiger partial charge is 0.481 e. The highest BCUT2D eigenvalue weighted by Crippen LogP contribution is 1.97. The molecule has 0 aromatic rings. The summed E-state index contributed by atoms with van der Waals surface area (Å²) >= 11 is 0. The maximum Gasteiger partial charge on any atom is 0.305 e. The molecule has 7 nitrogen and oxygen atoms in total. The van der Waals surface area contributed by atoms with Crippen LogP contribution in [0, 0.1) is 5.92 Å². The Balaban J connectivity index is 3.97. The van der Waals surface area contributed by atoms with Crippen LogP contribution in [0.5, 0.6) is 0 Å². The van der Waals surface area contributed by atoms with Gasteiger partial charge in [-0.05, 0) is 12.8 Å². The molecule has 5 N–H and O–H groups in total. The molecular weight excluding hydrogens is 238 g/mol. The van der Waals surface area contributed by atoms with Crippen LogP contribution in [0.4, 0.5) is 0 Å². The first-order chi connectivity index (χ1) is 8.23. The average Bonchev–Trinajstić information content (AvgIpc) is 2.23. The van der Waals surface area contributed by atoms with E-state index >= 15 is 0 Å². The molecule has 0 heterocycles. The molecule has 0 aliphatic heterocycles. The number of aliphatic carboxylic acids is 1. The van der Waals surface area contributed by atoms with E-state index in [0.29, 0.717) is 0 Å². The molecule has 0 aromatic heterocycles. The molecule has 0 spiro atoms. The SMILES string of the molecule is CC(CC(=O)O)NC(=O)CNC(=O)[C@@H](N)C(C)C. The van der Waals surface area contributed by atoms with Crippen molar-refractivity contribution in [3.8, 4) is 0 Å². The van der Waals surface area contributed by atoms with Gasteiger partial charge in [-0.2, -0.15) is 0 Å². The first-order valence-corrected chi connectivity index (χ1v) is 5.78. The molecule has 0 fully saturated rings. The molecule has 0 aliphatic carbocycles. The number of amides is 2. The summed E-state index contributed by atoms with van der Waals surface area (Å²) in [6.07, 6.45) is -0.162. The number of carboxylic acid groups (broad SMARTS) is 1. The van der Waals surface area contributed by atoms with Gasteiger partial charge in [0.25, 0.3) is 0 Å². The predicted octanol–water partition coefficient (Wildman–Crippen LogP) is -0.935. The zero-order chi connectivity index (χ0) is 14.3. The molecule has 0 saturated carbocycles. The van der Waals surface area contributed by atoms with E-state index < -0.39 is 29.9 Å². The number of nitrogens with one attached hydrogen (secondary N) is 2. The quantitative estimate of drug-likeness (QED) is 0.470. The summed E-state index contributed by atoms with van der Waals surface area (Å²) in [5, 5.41) is 13.4. The summed E-state index contributed by atoms with van der Waals surface area (Å²) < 4.78 is 0. The Labute approximate surface area is 106 Å². The summed E-state index contributed by atoms with van der Waals surface area (Å²) in [6, 6.07) is -1.14. The zero-order valence-corrected chi connectivity index (χ0v) is 10.9. The van der Waals surface area contributed by atoms with Crippen molar-refractivity contribution in [3.05, 3.63) is 0 Å². The van der Waals surface area contributed by atoms with Crippen molar-refractivity contribution in [1.29, 1.82) is 0 Å². The highest BCUT2D eigenvalue weighted by Gasteiger charge is 2.18. The fraction of sp³-hybridized carbons (Fsp3) is 0.727. The lowest BCUT2D eigenvalue weighted by molar-refractivity contribution is -0.137. The number of nitrogens with two attached hydrogens (primary N) is 1. The molecule has 0 saturated heterocycles. The van der Waals surface area contributed by atoms with Crippen LogP contribution in [-0.4, -0.2) is 41.5 Å². The highest BCUT2D eigenvalue weighted by atomic mass is 16.4. The first kappa shape index (κ1) is 16.4. The van der Waals surface area contributed by atoms with Crippen LogP contribution in [0.25, 0.3) is 0 Å². The van der Waals surface area contributed by atoms with Gasteiger partial charge in [0.2, 0.25) is 11.8 Å². The molecule has 0 aromatic carbocycles. The molecule has 104 valence electrons. The second-order valence-electron chi connectivity index (χ2n) is 4.55. The van der Waals surface area contributed by atoms with E-state index in [1.807, 2.05) is 0 Å². The normalized spacial score (nSPS) is 13.8. The fourth-order valence-corrected chi connectivity index (χ4v) is 1.23. The van der Waals surface area contributed by atoms with E-state index in [1.54, 1.807) is 20.8 Å². The molecule has 0 bridgehead atoms. The van der Waals surface area contributed by atoms with Crippen LogP contribution in [0.15, 0.2) is 0 Å². The third kappa shape index (κ3) is 6.85. The maximum absolute atomic E-state index is 11.4. The van der Waals surface area contributed by atoms with E-state index in [4.69, 9.17) is 10.8 Å². The van der Waals surface area contributed by atoms with Crippen molar-refractivity contribution in [1.82, 2.24) is 10.6 Å². The van der Waals surface area contributed by atoms with Crippen LogP contribution in [0.2, 0.25) is 0 Å². The fourth-order valence-electron chi connectivity index (χ4n) is 1.23. The van der Waals surface area contributed by atoms with E-state index in [0.717, 1.165) is 0 Å². The van der Waals surface area contributed by atoms with E-state index in [2.05, 4.69) is 10.6 Å². The Morgan fingerprint density at radius 3 is 2.22 bits per heavy atom. The summed E-state index contributed by atoms with van der Waals surface area (Å²) in [5.74, 6) is -1.84. The van der Waals surface area contributed by atoms with Gasteiger partial charge in [-0.3, -0.25) is 14.4 Å². The van der Waals surface area contributed by atoms with Crippen LogP contribution in [-0.2, 0) is 14.4 Å². The van der Waals surface area contributed by atoms with Gasteiger partial charge in [-0.25, -0.2) is 0 Å². The molecule has 0 rings (SSSR count). The monoisotopic (exact) mass is 259 g/mol. The van der Waals surface area contributed by atoms with E-state index in [9.17, 15) is 14.4 Å². The number of hydrogen-bond acceptors (Lipinski definition) is 4. The second-order valence-corrected chi connectivity index (χ2v) is 4.55. The van der Waals surface area contributed by atoms with Gasteiger partial charge < -0.3 is 21.5 Å². The molecule has 0 radical (unpaired) electrons. The van der Waals surface area contributed by atoms with Crippen LogP contribution in [0.3, 0.4) is 0 Å². The topological polar surface area (TPSA) is 122 Å². The highest BCUT2D eigenvalue weighted by molar-refractivity contribution is 5.87. The molecular formula is C11H21N3O4. The van der Waals surface area contributed by atoms with Gasteiger partial charge in [-0.15, -0.1) is 0 Å². The number of carbonyl (C=O) groups excluding carboxylic acids is 2. The van der Waals surface area contributed by atoms with Gasteiger partial charge in [0, 0.05) is 6.04 Å². The summed E-state index contributed by atoms with van der Waals surface area (Å²) in [6.45, 7) is 4.98. The summed E-state index contributed by atoms with van der Waals surface area (Å²) in [5.41, 5.74) is 5.59. The number of carbonyl (C=O) groups is 3. The lowest BCUT2D eigenvalue weighted by Crippen LogP contribution is -2.48. The maximum atomic E-state index is 11.4. The van der Waals surface area contributed by atoms with Gasteiger partial charge >= 0.3 is 5.97 Å². The van der Waals surface area contributed by atoms with Gasteiger partial charge in [0.05, 0.1) is 19.0 Å². The number of hydrogen-bond donors (Lipinski definition) is 4. The Hall–Kier alpha value is -1.63. The zero-order valence-electron chi connectivity index (χ0n) is 10.9. The lowest BCUT2D eigenvalue weighted by atomic mass is 10.1. The van der Waals surface area contributed by atoms with Gasteiger partial charge in [0.15, 0.2) is 0 Å². The van der Waals surface area contributed by atoms with Crippen molar-refractivity contribution in [3.63, 3.8) is 0 Å². The molecule has 0 aliphatic rings. The van der Waals surface area contributed by atoms with E-state index in [-0.39, 0.29) is 18.9 Å². The standard InChI is InChI=1S/C11H21N3O4/c1-6(2)10(12)11(18)13-5-8(15)14-7(3)4-9(16)17/h6-7,10H,4-5,12H2,1-3H3,(H,13,18)(H,14,15)(H,16,17)/t7?,10-/m0/s1. The first-order valence-electron chi connectivity index (χ1n) is 5.78. The average molecular weight is 259 g/mol. The minimum atomic E-state index is -0.992. The van der Waals surface area contributed by atoms with Crippen molar-refractivity contribution in [2.75, 3.05) is 6.54 Å². The Morgan fingerprint density at radius 2 is 1.78 bits per heavy atom. The minimum absolute atomic E-state index is 0.0148. The summed E-state index contributed by atoms with van der Waals surface area (Å²) in [4.78, 5) is 33.2.